The van der Waals surface area contributed by atoms with Crippen molar-refractivity contribution in [2.75, 3.05) is 44.7 Å². The van der Waals surface area contributed by atoms with Crippen LogP contribution in [0.15, 0.2) is 24.7 Å². The lowest BCUT2D eigenvalue weighted by Crippen LogP contribution is -2.33. The number of nitrogens with one attached hydrogen (secondary N) is 1. The highest BCUT2D eigenvalue weighted by atomic mass is 16.5. The van der Waals surface area contributed by atoms with E-state index in [1.165, 1.54) is 19.3 Å². The third-order valence-corrected chi connectivity index (χ3v) is 8.26. The summed E-state index contributed by atoms with van der Waals surface area (Å²) in [6.45, 7) is 2.95. The number of benzene rings is 1. The number of aromatic nitrogens is 6. The summed E-state index contributed by atoms with van der Waals surface area (Å²) in [6.07, 6.45) is 11.4. The van der Waals surface area contributed by atoms with Crippen molar-refractivity contribution in [2.24, 2.45) is 0 Å². The zero-order chi connectivity index (χ0) is 28.5. The first-order valence-corrected chi connectivity index (χ1v) is 14.3. The van der Waals surface area contributed by atoms with E-state index in [1.54, 1.807) is 27.7 Å². The van der Waals surface area contributed by atoms with Gasteiger partial charge in [-0.2, -0.15) is 15.1 Å². The molecular weight excluding hydrogens is 524 g/mol. The number of aliphatic hydroxyl groups is 1. The molecule has 12 heteroatoms. The molecule has 4 aromatic rings. The van der Waals surface area contributed by atoms with Gasteiger partial charge in [-0.15, -0.1) is 0 Å². The average Bonchev–Trinajstić information content (AvgIpc) is 3.75. The van der Waals surface area contributed by atoms with Gasteiger partial charge in [-0.05, 0) is 32.6 Å². The van der Waals surface area contributed by atoms with Crippen LogP contribution in [0, 0.1) is 6.92 Å². The largest absolute Gasteiger partial charge is 0.493 e. The topological polar surface area (TPSA) is 125 Å². The normalized spacial score (nSPS) is 17.8. The number of hydrogen-bond acceptors (Lipinski definition) is 10. The van der Waals surface area contributed by atoms with Crippen LogP contribution in [0.4, 0.5) is 17.6 Å². The lowest BCUT2D eigenvalue weighted by molar-refractivity contribution is 0.266. The van der Waals surface area contributed by atoms with Crippen molar-refractivity contribution >= 4 is 28.6 Å². The predicted molar refractivity (Wildman–Crippen MR) is 156 cm³/mol. The molecular formula is C29H38N8O4. The Balaban J connectivity index is 1.39. The standard InChI is InChI=1S/C29H38N8O4/c1-18-25-27(36-12-8-11-20(36)16-38)32-29(33-28(25)37(34-18)19-9-6-5-7-10-19)31-24-15-35(17-30-24)21-13-22(39-2)26(41-4)23(14-21)40-3/h13-15,17,19-20,38H,5-12,16H2,1-4H3,(H,31,32,33). The van der Waals surface area contributed by atoms with Crippen LogP contribution < -0.4 is 24.4 Å². The van der Waals surface area contributed by atoms with Crippen LogP contribution in [0.25, 0.3) is 16.7 Å². The maximum Gasteiger partial charge on any atom is 0.232 e. The number of anilines is 3. The van der Waals surface area contributed by atoms with E-state index in [-0.39, 0.29) is 12.6 Å². The van der Waals surface area contributed by atoms with Crippen molar-refractivity contribution in [2.45, 2.75) is 64.0 Å². The van der Waals surface area contributed by atoms with Gasteiger partial charge >= 0.3 is 0 Å². The van der Waals surface area contributed by atoms with Crippen molar-refractivity contribution < 1.29 is 19.3 Å². The Morgan fingerprint density at radius 1 is 0.976 bits per heavy atom. The summed E-state index contributed by atoms with van der Waals surface area (Å²) in [7, 11) is 4.76. The number of hydrogen-bond donors (Lipinski definition) is 2. The van der Waals surface area contributed by atoms with Crippen molar-refractivity contribution in [3.63, 3.8) is 0 Å². The fourth-order valence-electron chi connectivity index (χ4n) is 6.19. The number of nitrogens with zero attached hydrogens (tertiary/aromatic N) is 7. The van der Waals surface area contributed by atoms with E-state index >= 15 is 0 Å². The molecule has 0 spiro atoms. The Labute approximate surface area is 239 Å². The lowest BCUT2D eigenvalue weighted by Gasteiger charge is -2.26. The van der Waals surface area contributed by atoms with Crippen LogP contribution in [-0.4, -0.2) is 74.9 Å². The molecule has 1 saturated heterocycles. The first-order chi connectivity index (χ1) is 20.0. The molecule has 2 aliphatic rings. The minimum absolute atomic E-state index is 0.0256. The first-order valence-electron chi connectivity index (χ1n) is 14.3. The minimum atomic E-state index is 0.0256. The Hall–Kier alpha value is -4.06. The molecule has 2 fully saturated rings. The van der Waals surface area contributed by atoms with Crippen LogP contribution in [0.1, 0.15) is 56.7 Å². The van der Waals surface area contributed by atoms with Gasteiger partial charge in [-0.25, -0.2) is 9.67 Å². The highest BCUT2D eigenvalue weighted by Gasteiger charge is 2.31. The molecule has 3 aromatic heterocycles. The molecule has 1 saturated carbocycles. The number of aliphatic hydroxyl groups excluding tert-OH is 1. The highest BCUT2D eigenvalue weighted by molar-refractivity contribution is 5.91. The lowest BCUT2D eigenvalue weighted by atomic mass is 9.96. The molecule has 6 rings (SSSR count). The van der Waals surface area contributed by atoms with Gasteiger partial charge in [0.2, 0.25) is 11.7 Å². The Kier molecular flexibility index (Phi) is 7.57. The molecule has 2 N–H and O–H groups in total. The fourth-order valence-corrected chi connectivity index (χ4v) is 6.19. The molecule has 1 aromatic carbocycles. The Morgan fingerprint density at radius 3 is 2.41 bits per heavy atom. The Bertz CT molecular complexity index is 1500. The molecule has 41 heavy (non-hydrogen) atoms. The monoisotopic (exact) mass is 562 g/mol. The van der Waals surface area contributed by atoms with Gasteiger partial charge in [-0.3, -0.25) is 0 Å². The second-order valence-corrected chi connectivity index (χ2v) is 10.7. The average molecular weight is 563 g/mol. The molecule has 1 aliphatic heterocycles. The number of fused-ring (bicyclic) bond motifs is 1. The SMILES string of the molecule is COc1cc(-n2cnc(Nc3nc(N4CCCC4CO)c4c(C)nn(C5CCCCC5)c4n3)c2)cc(OC)c1OC. The maximum atomic E-state index is 10.1. The fraction of sp³-hybridized carbons (Fsp3) is 0.517. The zero-order valence-corrected chi connectivity index (χ0v) is 24.1. The summed E-state index contributed by atoms with van der Waals surface area (Å²) in [4.78, 5) is 16.8. The second kappa shape index (κ2) is 11.4. The summed E-state index contributed by atoms with van der Waals surface area (Å²) in [5.41, 5.74) is 2.54. The van der Waals surface area contributed by atoms with E-state index in [9.17, 15) is 5.11 Å². The maximum absolute atomic E-state index is 10.1. The molecule has 218 valence electrons. The van der Waals surface area contributed by atoms with Gasteiger partial charge in [0.1, 0.15) is 12.1 Å². The number of aryl methyl sites for hydroxylation is 1. The molecule has 1 aliphatic carbocycles. The summed E-state index contributed by atoms with van der Waals surface area (Å²) in [6, 6.07) is 4.07. The summed E-state index contributed by atoms with van der Waals surface area (Å²) < 4.78 is 20.5. The third kappa shape index (κ3) is 5.01. The van der Waals surface area contributed by atoms with E-state index in [4.69, 9.17) is 29.3 Å². The van der Waals surface area contributed by atoms with E-state index in [1.807, 2.05) is 29.8 Å². The molecule has 12 nitrogen and oxygen atoms in total. The van der Waals surface area contributed by atoms with Crippen LogP contribution in [0.5, 0.6) is 17.2 Å². The van der Waals surface area contributed by atoms with E-state index in [2.05, 4.69) is 19.9 Å². The quantitative estimate of drug-likeness (QED) is 0.300. The number of methoxy groups -OCH3 is 3. The van der Waals surface area contributed by atoms with Crippen molar-refractivity contribution in [3.8, 4) is 22.9 Å². The molecule has 0 radical (unpaired) electrons. The minimum Gasteiger partial charge on any atom is -0.493 e. The molecule has 4 heterocycles. The Morgan fingerprint density at radius 2 is 1.73 bits per heavy atom. The van der Waals surface area contributed by atoms with Gasteiger partial charge in [0.15, 0.2) is 23.0 Å². The summed E-state index contributed by atoms with van der Waals surface area (Å²) in [5.74, 6) is 3.49. The third-order valence-electron chi connectivity index (χ3n) is 8.26. The van der Waals surface area contributed by atoms with Gasteiger partial charge in [-0.1, -0.05) is 19.3 Å². The van der Waals surface area contributed by atoms with Gasteiger partial charge < -0.3 is 34.1 Å². The van der Waals surface area contributed by atoms with Gasteiger partial charge in [0, 0.05) is 18.7 Å². The van der Waals surface area contributed by atoms with E-state index < -0.39 is 0 Å². The highest BCUT2D eigenvalue weighted by Crippen LogP contribution is 2.40. The zero-order valence-electron chi connectivity index (χ0n) is 24.1. The van der Waals surface area contributed by atoms with Crippen molar-refractivity contribution in [1.29, 1.82) is 0 Å². The van der Waals surface area contributed by atoms with E-state index in [0.29, 0.717) is 35.1 Å². The van der Waals surface area contributed by atoms with Gasteiger partial charge in [0.25, 0.3) is 0 Å². The molecule has 0 amide bonds. The van der Waals surface area contributed by atoms with Crippen LogP contribution in [-0.2, 0) is 0 Å². The van der Waals surface area contributed by atoms with Gasteiger partial charge in [0.05, 0.1) is 63.0 Å². The molecule has 1 atom stereocenters. The van der Waals surface area contributed by atoms with Crippen molar-refractivity contribution in [1.82, 2.24) is 29.3 Å². The number of imidazole rings is 1. The summed E-state index contributed by atoms with van der Waals surface area (Å²) in [5, 5.41) is 19.4. The number of ether oxygens (including phenoxy) is 3. The van der Waals surface area contributed by atoms with Crippen LogP contribution >= 0.6 is 0 Å². The van der Waals surface area contributed by atoms with E-state index in [0.717, 1.165) is 60.5 Å². The number of rotatable bonds is 9. The summed E-state index contributed by atoms with van der Waals surface area (Å²) >= 11 is 0. The molecule has 0 bridgehead atoms. The smallest absolute Gasteiger partial charge is 0.232 e. The predicted octanol–water partition coefficient (Wildman–Crippen LogP) is 4.56. The van der Waals surface area contributed by atoms with Crippen LogP contribution in [0.2, 0.25) is 0 Å². The first kappa shape index (κ1) is 27.1. The molecule has 1 unspecified atom stereocenters. The van der Waals surface area contributed by atoms with Crippen LogP contribution in [0.3, 0.4) is 0 Å². The second-order valence-electron chi connectivity index (χ2n) is 10.7. The van der Waals surface area contributed by atoms with Crippen molar-refractivity contribution in [3.05, 3.63) is 30.4 Å².